The number of rotatable bonds is 17. The zero-order chi connectivity index (χ0) is 28.7. The number of allylic oxidation sites excluding steroid dienone is 7. The second kappa shape index (κ2) is 16.9. The molecule has 0 spiro atoms. The van der Waals surface area contributed by atoms with E-state index in [0.29, 0.717) is 18.8 Å². The Balaban J connectivity index is 3.21. The molecular formula is C34H46F3N. The Morgan fingerprint density at radius 2 is 1.58 bits per heavy atom. The van der Waals surface area contributed by atoms with Crippen LogP contribution in [-0.4, -0.2) is 6.21 Å². The SMILES string of the molecule is C=CCC=N/C(C(=C)CCC(CCC)CCC)=C(/C=C/C)C(=C)CC(=C)C(C)c1ccc(C(F)(F)F)cc1. The average molecular weight is 526 g/mol. The van der Waals surface area contributed by atoms with E-state index in [-0.39, 0.29) is 5.92 Å². The quantitative estimate of drug-likeness (QED) is 0.109. The van der Waals surface area contributed by atoms with Crippen LogP contribution in [0.25, 0.3) is 0 Å². The van der Waals surface area contributed by atoms with Crippen LogP contribution < -0.4 is 0 Å². The number of hydrogen-bond donors (Lipinski definition) is 0. The van der Waals surface area contributed by atoms with Crippen molar-refractivity contribution in [1.82, 2.24) is 0 Å². The fraction of sp³-hybridized carbons (Fsp3) is 0.441. The van der Waals surface area contributed by atoms with Gasteiger partial charge in [-0.1, -0.05) is 102 Å². The maximum atomic E-state index is 13.0. The third-order valence-corrected chi connectivity index (χ3v) is 6.84. The Bertz CT molecular complexity index is 1010. The predicted molar refractivity (Wildman–Crippen MR) is 160 cm³/mol. The predicted octanol–water partition coefficient (Wildman–Crippen LogP) is 11.3. The normalized spacial score (nSPS) is 13.7. The van der Waals surface area contributed by atoms with Crippen molar-refractivity contribution in [3.63, 3.8) is 0 Å². The molecule has 0 amide bonds. The van der Waals surface area contributed by atoms with Crippen molar-refractivity contribution in [1.29, 1.82) is 0 Å². The number of halogens is 3. The molecule has 0 saturated heterocycles. The third-order valence-electron chi connectivity index (χ3n) is 6.84. The number of hydrogen-bond acceptors (Lipinski definition) is 1. The van der Waals surface area contributed by atoms with Gasteiger partial charge in [-0.05, 0) is 60.9 Å². The minimum Gasteiger partial charge on any atom is -0.260 e. The van der Waals surface area contributed by atoms with Crippen molar-refractivity contribution >= 4 is 6.21 Å². The molecule has 0 aliphatic rings. The van der Waals surface area contributed by atoms with Gasteiger partial charge in [-0.15, -0.1) is 6.58 Å². The van der Waals surface area contributed by atoms with Gasteiger partial charge in [0.15, 0.2) is 0 Å². The molecule has 1 aromatic rings. The lowest BCUT2D eigenvalue weighted by Crippen LogP contribution is -2.06. The lowest BCUT2D eigenvalue weighted by Gasteiger charge is -2.20. The fourth-order valence-corrected chi connectivity index (χ4v) is 4.57. The first kappa shape index (κ1) is 33.1. The second-order valence-electron chi connectivity index (χ2n) is 9.96. The highest BCUT2D eigenvalue weighted by Gasteiger charge is 2.30. The highest BCUT2D eigenvalue weighted by molar-refractivity contribution is 5.64. The average Bonchev–Trinajstić information content (AvgIpc) is 2.88. The number of alkyl halides is 3. The number of nitrogens with zero attached hydrogens (tertiary/aromatic N) is 1. The van der Waals surface area contributed by atoms with Crippen LogP contribution in [0, 0.1) is 5.92 Å². The van der Waals surface area contributed by atoms with Gasteiger partial charge in [0.25, 0.3) is 0 Å². The summed E-state index contributed by atoms with van der Waals surface area (Å²) in [5, 5.41) is 0. The van der Waals surface area contributed by atoms with E-state index in [0.717, 1.165) is 58.5 Å². The van der Waals surface area contributed by atoms with Crippen molar-refractivity contribution in [3.05, 3.63) is 108 Å². The zero-order valence-corrected chi connectivity index (χ0v) is 23.8. The minimum absolute atomic E-state index is 0.124. The molecule has 1 nitrogen and oxygen atoms in total. The summed E-state index contributed by atoms with van der Waals surface area (Å²) in [6.07, 6.45) is 11.2. The van der Waals surface area contributed by atoms with Gasteiger partial charge >= 0.3 is 6.18 Å². The van der Waals surface area contributed by atoms with Crippen LogP contribution in [0.15, 0.2) is 102 Å². The molecule has 0 bridgehead atoms. The van der Waals surface area contributed by atoms with E-state index in [4.69, 9.17) is 4.99 Å². The van der Waals surface area contributed by atoms with E-state index in [9.17, 15) is 13.2 Å². The molecule has 0 saturated carbocycles. The molecule has 0 aromatic heterocycles. The molecule has 0 aliphatic carbocycles. The Morgan fingerprint density at radius 3 is 2.08 bits per heavy atom. The zero-order valence-electron chi connectivity index (χ0n) is 23.8. The van der Waals surface area contributed by atoms with Gasteiger partial charge in [0.05, 0.1) is 11.3 Å². The molecule has 0 N–H and O–H groups in total. The van der Waals surface area contributed by atoms with Gasteiger partial charge in [0.2, 0.25) is 0 Å². The van der Waals surface area contributed by atoms with Gasteiger partial charge in [0.1, 0.15) is 0 Å². The molecule has 0 radical (unpaired) electrons. The minimum atomic E-state index is -4.35. The monoisotopic (exact) mass is 525 g/mol. The van der Waals surface area contributed by atoms with E-state index in [2.05, 4.69) is 40.2 Å². The summed E-state index contributed by atoms with van der Waals surface area (Å²) in [6.45, 7) is 25.2. The Hall–Kier alpha value is -2.88. The molecular weight excluding hydrogens is 479 g/mol. The molecule has 38 heavy (non-hydrogen) atoms. The van der Waals surface area contributed by atoms with Crippen molar-refractivity contribution in [2.24, 2.45) is 10.9 Å². The maximum Gasteiger partial charge on any atom is 0.416 e. The largest absolute Gasteiger partial charge is 0.416 e. The van der Waals surface area contributed by atoms with E-state index in [1.54, 1.807) is 6.08 Å². The Labute approximate surface area is 229 Å². The molecule has 1 rings (SSSR count). The van der Waals surface area contributed by atoms with Gasteiger partial charge in [-0.25, -0.2) is 0 Å². The summed E-state index contributed by atoms with van der Waals surface area (Å²) in [5.41, 5.74) is 4.61. The van der Waals surface area contributed by atoms with Gasteiger partial charge < -0.3 is 0 Å². The third kappa shape index (κ3) is 10.8. The molecule has 1 atom stereocenters. The van der Waals surface area contributed by atoms with Crippen LogP contribution in [0.1, 0.15) is 96.1 Å². The van der Waals surface area contributed by atoms with E-state index in [1.165, 1.54) is 37.8 Å². The van der Waals surface area contributed by atoms with Gasteiger partial charge in [-0.3, -0.25) is 4.99 Å². The lowest BCUT2D eigenvalue weighted by atomic mass is 9.86. The van der Waals surface area contributed by atoms with Gasteiger partial charge in [0, 0.05) is 24.1 Å². The first-order chi connectivity index (χ1) is 18.0. The Morgan fingerprint density at radius 1 is 0.974 bits per heavy atom. The highest BCUT2D eigenvalue weighted by atomic mass is 19.4. The van der Waals surface area contributed by atoms with Crippen molar-refractivity contribution in [2.75, 3.05) is 0 Å². The molecule has 0 aliphatic heterocycles. The summed E-state index contributed by atoms with van der Waals surface area (Å²) >= 11 is 0. The van der Waals surface area contributed by atoms with Crippen LogP contribution in [0.4, 0.5) is 13.2 Å². The number of benzene rings is 1. The molecule has 1 aromatic carbocycles. The smallest absolute Gasteiger partial charge is 0.260 e. The summed E-state index contributed by atoms with van der Waals surface area (Å²) in [7, 11) is 0. The van der Waals surface area contributed by atoms with Crippen molar-refractivity contribution < 1.29 is 13.2 Å². The standard InChI is InChI=1S/C34H46F3N/c1-9-13-23-38-33(25(5)17-18-29(14-10-2)15-11-3)32(16-12-4)27(7)24-26(6)28(8)30-19-21-31(22-20-30)34(35,36)37/h9,12,16,19-23,28-29H,1,5-7,10-11,13-15,17-18,24H2,2-4,8H3/b16-12+,33-32-,38-23?. The van der Waals surface area contributed by atoms with E-state index in [1.807, 2.05) is 32.2 Å². The second-order valence-corrected chi connectivity index (χ2v) is 9.96. The fourth-order valence-electron chi connectivity index (χ4n) is 4.57. The maximum absolute atomic E-state index is 13.0. The van der Waals surface area contributed by atoms with Crippen LogP contribution >= 0.6 is 0 Å². The summed E-state index contributed by atoms with van der Waals surface area (Å²) < 4.78 is 38.9. The lowest BCUT2D eigenvalue weighted by molar-refractivity contribution is -0.137. The van der Waals surface area contributed by atoms with Gasteiger partial charge in [-0.2, -0.15) is 13.2 Å². The topological polar surface area (TPSA) is 12.4 Å². The van der Waals surface area contributed by atoms with Crippen molar-refractivity contribution in [2.45, 2.75) is 91.2 Å². The Kier molecular flexibility index (Phi) is 14.7. The molecule has 0 fully saturated rings. The van der Waals surface area contributed by atoms with E-state index < -0.39 is 11.7 Å². The number of aliphatic imine (C=N–C) groups is 1. The molecule has 208 valence electrons. The molecule has 4 heteroatoms. The van der Waals surface area contributed by atoms with E-state index >= 15 is 0 Å². The van der Waals surface area contributed by atoms with Crippen LogP contribution in [0.2, 0.25) is 0 Å². The first-order valence-electron chi connectivity index (χ1n) is 13.7. The van der Waals surface area contributed by atoms with Crippen LogP contribution in [0.5, 0.6) is 0 Å². The van der Waals surface area contributed by atoms with Crippen LogP contribution in [-0.2, 0) is 6.18 Å². The van der Waals surface area contributed by atoms with Crippen LogP contribution in [0.3, 0.4) is 0 Å². The first-order valence-corrected chi connectivity index (χ1v) is 13.7. The van der Waals surface area contributed by atoms with Crippen molar-refractivity contribution in [3.8, 4) is 0 Å². The summed E-state index contributed by atoms with van der Waals surface area (Å²) in [4.78, 5) is 4.80. The molecule has 0 heterocycles. The summed E-state index contributed by atoms with van der Waals surface area (Å²) in [6, 6.07) is 5.31. The molecule has 1 unspecified atom stereocenters. The summed E-state index contributed by atoms with van der Waals surface area (Å²) in [5.74, 6) is 0.554. The highest BCUT2D eigenvalue weighted by Crippen LogP contribution is 2.35.